The quantitative estimate of drug-likeness (QED) is 0.830. The van der Waals surface area contributed by atoms with Gasteiger partial charge in [-0.2, -0.15) is 0 Å². The van der Waals surface area contributed by atoms with Crippen LogP contribution in [0.4, 0.5) is 4.39 Å². The Kier molecular flexibility index (Phi) is 3.56. The molecular formula is C13H19FN2. The fourth-order valence-electron chi connectivity index (χ4n) is 2.27. The Bertz CT molecular complexity index is 337. The highest BCUT2D eigenvalue weighted by molar-refractivity contribution is 5.23. The topological polar surface area (TPSA) is 29.3 Å². The number of halogens is 1. The maximum Gasteiger partial charge on any atom is 0.123 e. The summed E-state index contributed by atoms with van der Waals surface area (Å²) in [5.41, 5.74) is 7.90. The summed E-state index contributed by atoms with van der Waals surface area (Å²) in [6.07, 6.45) is 2.10. The van der Waals surface area contributed by atoms with Gasteiger partial charge in [-0.25, -0.2) is 4.39 Å². The molecule has 16 heavy (non-hydrogen) atoms. The molecule has 0 bridgehead atoms. The average Bonchev–Trinajstić information content (AvgIpc) is 2.20. The van der Waals surface area contributed by atoms with Gasteiger partial charge in [0.05, 0.1) is 0 Å². The maximum atomic E-state index is 13.2. The van der Waals surface area contributed by atoms with Gasteiger partial charge in [0.15, 0.2) is 0 Å². The van der Waals surface area contributed by atoms with Crippen molar-refractivity contribution < 1.29 is 4.39 Å². The number of likely N-dealkylation sites (tertiary alicyclic amines) is 1. The molecule has 88 valence electrons. The number of piperidine rings is 1. The van der Waals surface area contributed by atoms with Gasteiger partial charge in [0, 0.05) is 12.6 Å². The van der Waals surface area contributed by atoms with Gasteiger partial charge in [-0.1, -0.05) is 6.07 Å². The first-order valence-electron chi connectivity index (χ1n) is 5.87. The third-order valence-corrected chi connectivity index (χ3v) is 3.14. The van der Waals surface area contributed by atoms with Crippen LogP contribution in [0.2, 0.25) is 0 Å². The van der Waals surface area contributed by atoms with Crippen LogP contribution in [0.3, 0.4) is 0 Å². The summed E-state index contributed by atoms with van der Waals surface area (Å²) in [5.74, 6) is -0.135. The summed E-state index contributed by atoms with van der Waals surface area (Å²) in [6.45, 7) is 4.82. The second-order valence-corrected chi connectivity index (χ2v) is 4.75. The van der Waals surface area contributed by atoms with Crippen LogP contribution in [0.15, 0.2) is 18.2 Å². The van der Waals surface area contributed by atoms with Crippen LogP contribution in [0, 0.1) is 12.7 Å². The van der Waals surface area contributed by atoms with Crippen molar-refractivity contribution in [1.82, 2.24) is 4.90 Å². The Morgan fingerprint density at radius 2 is 2.00 bits per heavy atom. The van der Waals surface area contributed by atoms with E-state index in [-0.39, 0.29) is 5.82 Å². The lowest BCUT2D eigenvalue weighted by molar-refractivity contribution is 0.205. The van der Waals surface area contributed by atoms with Gasteiger partial charge >= 0.3 is 0 Å². The lowest BCUT2D eigenvalue weighted by Gasteiger charge is -2.30. The monoisotopic (exact) mass is 222 g/mol. The van der Waals surface area contributed by atoms with Crippen molar-refractivity contribution in [3.05, 3.63) is 35.1 Å². The van der Waals surface area contributed by atoms with Crippen LogP contribution < -0.4 is 5.73 Å². The van der Waals surface area contributed by atoms with E-state index in [4.69, 9.17) is 5.73 Å². The smallest absolute Gasteiger partial charge is 0.123 e. The van der Waals surface area contributed by atoms with E-state index in [9.17, 15) is 4.39 Å². The van der Waals surface area contributed by atoms with E-state index < -0.39 is 0 Å². The number of hydrogen-bond donors (Lipinski definition) is 1. The van der Waals surface area contributed by atoms with Crippen molar-refractivity contribution in [2.45, 2.75) is 32.4 Å². The van der Waals surface area contributed by atoms with E-state index >= 15 is 0 Å². The van der Waals surface area contributed by atoms with Crippen LogP contribution in [-0.4, -0.2) is 24.0 Å². The molecule has 1 fully saturated rings. The molecule has 0 radical (unpaired) electrons. The Labute approximate surface area is 96.2 Å². The van der Waals surface area contributed by atoms with Gasteiger partial charge in [0.2, 0.25) is 0 Å². The zero-order valence-corrected chi connectivity index (χ0v) is 9.75. The minimum atomic E-state index is -0.135. The van der Waals surface area contributed by atoms with Crippen LogP contribution in [0.5, 0.6) is 0 Å². The predicted molar refractivity (Wildman–Crippen MR) is 63.6 cm³/mol. The predicted octanol–water partition coefficient (Wildman–Crippen LogP) is 2.06. The standard InChI is InChI=1S/C13H19FN2/c1-10-6-11(8-12(14)7-10)9-16-4-2-13(15)3-5-16/h6-8,13H,2-5,9,15H2,1H3. The van der Waals surface area contributed by atoms with Gasteiger partial charge in [0.25, 0.3) is 0 Å². The lowest BCUT2D eigenvalue weighted by Crippen LogP contribution is -2.39. The molecule has 0 atom stereocenters. The molecule has 2 nitrogen and oxygen atoms in total. The summed E-state index contributed by atoms with van der Waals surface area (Å²) < 4.78 is 13.2. The normalized spacial score (nSPS) is 18.9. The fourth-order valence-corrected chi connectivity index (χ4v) is 2.27. The molecule has 0 unspecified atom stereocenters. The molecule has 1 aliphatic heterocycles. The second-order valence-electron chi connectivity index (χ2n) is 4.75. The highest BCUT2D eigenvalue weighted by Gasteiger charge is 2.16. The van der Waals surface area contributed by atoms with Crippen molar-refractivity contribution >= 4 is 0 Å². The molecule has 0 saturated carbocycles. The first-order chi connectivity index (χ1) is 7.63. The van der Waals surface area contributed by atoms with E-state index in [1.54, 1.807) is 12.1 Å². The first-order valence-corrected chi connectivity index (χ1v) is 5.87. The zero-order valence-electron chi connectivity index (χ0n) is 9.75. The minimum absolute atomic E-state index is 0.135. The van der Waals surface area contributed by atoms with Gasteiger partial charge < -0.3 is 5.73 Å². The second kappa shape index (κ2) is 4.93. The zero-order chi connectivity index (χ0) is 11.5. The van der Waals surface area contributed by atoms with Gasteiger partial charge in [-0.3, -0.25) is 4.90 Å². The average molecular weight is 222 g/mol. The Hall–Kier alpha value is -0.930. The number of nitrogens with two attached hydrogens (primary N) is 1. The van der Waals surface area contributed by atoms with Gasteiger partial charge in [-0.05, 0) is 56.1 Å². The van der Waals surface area contributed by atoms with Crippen LogP contribution in [0.1, 0.15) is 24.0 Å². The fraction of sp³-hybridized carbons (Fsp3) is 0.538. The molecule has 0 aromatic heterocycles. The molecule has 0 amide bonds. The summed E-state index contributed by atoms with van der Waals surface area (Å²) in [6, 6.07) is 5.60. The number of benzene rings is 1. The summed E-state index contributed by atoms with van der Waals surface area (Å²) in [7, 11) is 0. The van der Waals surface area contributed by atoms with E-state index in [1.807, 2.05) is 6.92 Å². The lowest BCUT2D eigenvalue weighted by atomic mass is 10.0. The van der Waals surface area contributed by atoms with E-state index in [0.29, 0.717) is 6.04 Å². The van der Waals surface area contributed by atoms with Crippen LogP contribution >= 0.6 is 0 Å². The van der Waals surface area contributed by atoms with Crippen LogP contribution in [0.25, 0.3) is 0 Å². The first kappa shape index (κ1) is 11.6. The molecule has 1 aliphatic rings. The minimum Gasteiger partial charge on any atom is -0.328 e. The molecular weight excluding hydrogens is 203 g/mol. The van der Waals surface area contributed by atoms with Crippen molar-refractivity contribution in [2.24, 2.45) is 5.73 Å². The highest BCUT2D eigenvalue weighted by atomic mass is 19.1. The Balaban J connectivity index is 1.98. The molecule has 0 spiro atoms. The SMILES string of the molecule is Cc1cc(F)cc(CN2CCC(N)CC2)c1. The number of aryl methyl sites for hydroxylation is 1. The third kappa shape index (κ3) is 3.03. The maximum absolute atomic E-state index is 13.2. The number of rotatable bonds is 2. The van der Waals surface area contributed by atoms with Gasteiger partial charge in [0.1, 0.15) is 5.82 Å². The van der Waals surface area contributed by atoms with E-state index in [2.05, 4.69) is 11.0 Å². The summed E-state index contributed by atoms with van der Waals surface area (Å²) >= 11 is 0. The van der Waals surface area contributed by atoms with Crippen molar-refractivity contribution in [1.29, 1.82) is 0 Å². The highest BCUT2D eigenvalue weighted by Crippen LogP contribution is 2.14. The van der Waals surface area contributed by atoms with E-state index in [0.717, 1.165) is 43.6 Å². The number of hydrogen-bond acceptors (Lipinski definition) is 2. The van der Waals surface area contributed by atoms with Gasteiger partial charge in [-0.15, -0.1) is 0 Å². The molecule has 2 N–H and O–H groups in total. The molecule has 1 saturated heterocycles. The molecule has 2 rings (SSSR count). The van der Waals surface area contributed by atoms with Crippen molar-refractivity contribution in [3.8, 4) is 0 Å². The Morgan fingerprint density at radius 1 is 1.31 bits per heavy atom. The van der Waals surface area contributed by atoms with Crippen LogP contribution in [-0.2, 0) is 6.54 Å². The largest absolute Gasteiger partial charge is 0.328 e. The van der Waals surface area contributed by atoms with Crippen molar-refractivity contribution in [2.75, 3.05) is 13.1 Å². The Morgan fingerprint density at radius 3 is 2.62 bits per heavy atom. The van der Waals surface area contributed by atoms with E-state index in [1.165, 1.54) is 0 Å². The third-order valence-electron chi connectivity index (χ3n) is 3.14. The number of nitrogens with zero attached hydrogens (tertiary/aromatic N) is 1. The molecule has 1 aromatic rings. The molecule has 1 heterocycles. The molecule has 0 aliphatic carbocycles. The summed E-state index contributed by atoms with van der Waals surface area (Å²) in [4.78, 5) is 2.34. The summed E-state index contributed by atoms with van der Waals surface area (Å²) in [5, 5.41) is 0. The molecule has 1 aromatic carbocycles. The van der Waals surface area contributed by atoms with Crippen molar-refractivity contribution in [3.63, 3.8) is 0 Å². The molecule has 3 heteroatoms.